The second kappa shape index (κ2) is 13.5. The number of piperidine rings is 1. The van der Waals surface area contributed by atoms with Crippen LogP contribution in [0.15, 0.2) is 47.5 Å². The van der Waals surface area contributed by atoms with Crippen LogP contribution in [-0.4, -0.2) is 51.3 Å². The monoisotopic (exact) mass is 568 g/mol. The Labute approximate surface area is 214 Å². The molecule has 1 aliphatic rings. The molecule has 8 heteroatoms. The minimum atomic E-state index is 0. The Bertz CT molecular complexity index is 892. The average molecular weight is 569 g/mol. The van der Waals surface area contributed by atoms with Gasteiger partial charge in [-0.25, -0.2) is 0 Å². The van der Waals surface area contributed by atoms with Crippen LogP contribution in [0.1, 0.15) is 38.3 Å². The van der Waals surface area contributed by atoms with Gasteiger partial charge in [0.05, 0.1) is 26.0 Å². The summed E-state index contributed by atoms with van der Waals surface area (Å²) in [7, 11) is 3.87. The number of likely N-dealkylation sites (tertiary alicyclic amines) is 1. The van der Waals surface area contributed by atoms with E-state index in [2.05, 4.69) is 29.4 Å². The van der Waals surface area contributed by atoms with Gasteiger partial charge in [0.2, 0.25) is 0 Å². The number of ether oxygens (including phenoxy) is 3. The second-order valence-corrected chi connectivity index (χ2v) is 7.98. The molecule has 1 aliphatic heterocycles. The van der Waals surface area contributed by atoms with Gasteiger partial charge in [-0.15, -0.1) is 24.0 Å². The first-order chi connectivity index (χ1) is 15.5. The highest BCUT2D eigenvalue weighted by atomic mass is 127. The molecule has 0 amide bonds. The highest BCUT2D eigenvalue weighted by molar-refractivity contribution is 14.0. The second-order valence-electron chi connectivity index (χ2n) is 7.98. The fourth-order valence-electron chi connectivity index (χ4n) is 4.32. The zero-order chi connectivity index (χ0) is 22.9. The van der Waals surface area contributed by atoms with Crippen molar-refractivity contribution in [1.29, 1.82) is 0 Å². The number of rotatable bonds is 9. The molecule has 1 heterocycles. The lowest BCUT2D eigenvalue weighted by Crippen LogP contribution is -2.38. The van der Waals surface area contributed by atoms with E-state index >= 15 is 0 Å². The van der Waals surface area contributed by atoms with Gasteiger partial charge in [0.15, 0.2) is 5.96 Å². The Morgan fingerprint density at radius 2 is 1.79 bits per heavy atom. The Morgan fingerprint density at radius 3 is 2.45 bits per heavy atom. The van der Waals surface area contributed by atoms with Crippen LogP contribution in [0.2, 0.25) is 0 Å². The van der Waals surface area contributed by atoms with Gasteiger partial charge in [0.25, 0.3) is 0 Å². The molecular weight excluding hydrogens is 531 g/mol. The number of aliphatic imine (C=N–C) groups is 1. The number of halogens is 1. The fraction of sp³-hybridized carbons (Fsp3) is 0.480. The Hall–Kier alpha value is -2.20. The summed E-state index contributed by atoms with van der Waals surface area (Å²) in [5.74, 6) is 3.11. The number of benzene rings is 2. The van der Waals surface area contributed by atoms with E-state index in [9.17, 15) is 0 Å². The van der Waals surface area contributed by atoms with Crippen molar-refractivity contribution in [3.8, 4) is 17.2 Å². The quantitative estimate of drug-likeness (QED) is 0.254. The van der Waals surface area contributed by atoms with Crippen LogP contribution >= 0.6 is 24.0 Å². The zero-order valence-corrected chi connectivity index (χ0v) is 22.4. The molecule has 2 atom stereocenters. The molecular formula is C25H37IN4O3. The minimum Gasteiger partial charge on any atom is -0.497 e. The lowest BCUT2D eigenvalue weighted by molar-refractivity contribution is 0.125. The third kappa shape index (κ3) is 7.40. The highest BCUT2D eigenvalue weighted by Gasteiger charge is 2.30. The van der Waals surface area contributed by atoms with Gasteiger partial charge in [0.1, 0.15) is 17.2 Å². The minimum absolute atomic E-state index is 0. The summed E-state index contributed by atoms with van der Waals surface area (Å²) >= 11 is 0. The molecule has 2 aromatic rings. The van der Waals surface area contributed by atoms with Gasteiger partial charge in [-0.3, -0.25) is 9.89 Å². The predicted octanol–water partition coefficient (Wildman–Crippen LogP) is 4.92. The van der Waals surface area contributed by atoms with Crippen LogP contribution in [0.25, 0.3) is 0 Å². The largest absolute Gasteiger partial charge is 0.497 e. The molecule has 0 radical (unpaired) electrons. The number of anilines is 1. The number of methoxy groups -OCH3 is 1. The SMILES string of the molecule is CCOc1ccc(OCC)c(NC(N)=NCC2CCCN(C)C2c2ccc(OC)cc2)c1.I. The van der Waals surface area contributed by atoms with Crippen molar-refractivity contribution in [1.82, 2.24) is 4.90 Å². The molecule has 0 spiro atoms. The topological polar surface area (TPSA) is 81.3 Å². The fourth-order valence-corrected chi connectivity index (χ4v) is 4.32. The number of nitrogens with two attached hydrogens (primary N) is 1. The molecule has 1 fully saturated rings. The molecule has 3 rings (SSSR count). The summed E-state index contributed by atoms with van der Waals surface area (Å²) in [6.07, 6.45) is 2.27. The van der Waals surface area contributed by atoms with E-state index in [4.69, 9.17) is 24.9 Å². The first kappa shape index (κ1) is 27.0. The average Bonchev–Trinajstić information content (AvgIpc) is 2.80. The smallest absolute Gasteiger partial charge is 0.193 e. The van der Waals surface area contributed by atoms with Crippen molar-refractivity contribution in [2.75, 3.05) is 45.8 Å². The Morgan fingerprint density at radius 1 is 1.09 bits per heavy atom. The first-order valence-corrected chi connectivity index (χ1v) is 11.4. The molecule has 182 valence electrons. The lowest BCUT2D eigenvalue weighted by atomic mass is 9.85. The van der Waals surface area contributed by atoms with E-state index in [1.54, 1.807) is 7.11 Å². The number of hydrogen-bond acceptors (Lipinski definition) is 5. The normalized spacial score (nSPS) is 18.8. The van der Waals surface area contributed by atoms with E-state index in [1.165, 1.54) is 5.56 Å². The van der Waals surface area contributed by atoms with Crippen LogP contribution in [0.3, 0.4) is 0 Å². The molecule has 2 unspecified atom stereocenters. The van der Waals surface area contributed by atoms with Crippen molar-refractivity contribution < 1.29 is 14.2 Å². The Balaban J connectivity index is 0.00000385. The predicted molar refractivity (Wildman–Crippen MR) is 145 cm³/mol. The van der Waals surface area contributed by atoms with Gasteiger partial charge in [-0.2, -0.15) is 0 Å². The van der Waals surface area contributed by atoms with E-state index in [1.807, 2.05) is 44.2 Å². The van der Waals surface area contributed by atoms with Crippen LogP contribution < -0.4 is 25.3 Å². The van der Waals surface area contributed by atoms with Crippen LogP contribution in [0, 0.1) is 5.92 Å². The summed E-state index contributed by atoms with van der Waals surface area (Å²) in [5.41, 5.74) is 8.32. The molecule has 1 saturated heterocycles. The van der Waals surface area contributed by atoms with E-state index < -0.39 is 0 Å². The van der Waals surface area contributed by atoms with E-state index in [0.717, 1.165) is 42.3 Å². The molecule has 0 saturated carbocycles. The zero-order valence-electron chi connectivity index (χ0n) is 20.0. The van der Waals surface area contributed by atoms with Crippen molar-refractivity contribution in [2.45, 2.75) is 32.7 Å². The van der Waals surface area contributed by atoms with Gasteiger partial charge < -0.3 is 25.3 Å². The molecule has 33 heavy (non-hydrogen) atoms. The van der Waals surface area contributed by atoms with Crippen molar-refractivity contribution in [3.63, 3.8) is 0 Å². The maximum absolute atomic E-state index is 6.28. The lowest BCUT2D eigenvalue weighted by Gasteiger charge is -2.39. The van der Waals surface area contributed by atoms with E-state index in [0.29, 0.717) is 37.7 Å². The summed E-state index contributed by atoms with van der Waals surface area (Å²) < 4.78 is 16.7. The number of hydrogen-bond donors (Lipinski definition) is 2. The summed E-state index contributed by atoms with van der Waals surface area (Å²) in [4.78, 5) is 7.11. The van der Waals surface area contributed by atoms with Crippen LogP contribution in [0.4, 0.5) is 5.69 Å². The standard InChI is InChI=1S/C25H36N4O3.HI/c1-5-31-21-13-14-23(32-6-2)22(16-21)28-25(26)27-17-19-8-7-15-29(3)24(19)18-9-11-20(30-4)12-10-18;/h9-14,16,19,24H,5-8,15,17H2,1-4H3,(H3,26,27,28);1H. The van der Waals surface area contributed by atoms with Gasteiger partial charge >= 0.3 is 0 Å². The highest BCUT2D eigenvalue weighted by Crippen LogP contribution is 2.36. The first-order valence-electron chi connectivity index (χ1n) is 11.4. The van der Waals surface area contributed by atoms with E-state index in [-0.39, 0.29) is 24.0 Å². The van der Waals surface area contributed by atoms with Crippen molar-refractivity contribution in [3.05, 3.63) is 48.0 Å². The molecule has 0 aromatic heterocycles. The number of nitrogens with one attached hydrogen (secondary N) is 1. The third-order valence-electron chi connectivity index (χ3n) is 5.79. The third-order valence-corrected chi connectivity index (χ3v) is 5.79. The molecule has 0 bridgehead atoms. The molecule has 2 aromatic carbocycles. The van der Waals surface area contributed by atoms with Crippen molar-refractivity contribution in [2.24, 2.45) is 16.6 Å². The summed E-state index contributed by atoms with van der Waals surface area (Å²) in [6, 6.07) is 14.3. The molecule has 7 nitrogen and oxygen atoms in total. The van der Waals surface area contributed by atoms with Gasteiger partial charge in [-0.05, 0) is 76.0 Å². The van der Waals surface area contributed by atoms with Crippen LogP contribution in [0.5, 0.6) is 17.2 Å². The van der Waals surface area contributed by atoms with Gasteiger partial charge in [0, 0.05) is 18.7 Å². The van der Waals surface area contributed by atoms with Crippen molar-refractivity contribution >= 4 is 35.6 Å². The number of guanidine groups is 1. The maximum Gasteiger partial charge on any atom is 0.193 e. The number of nitrogens with zero attached hydrogens (tertiary/aromatic N) is 2. The summed E-state index contributed by atoms with van der Waals surface area (Å²) in [5, 5.41) is 3.21. The summed E-state index contributed by atoms with van der Waals surface area (Å²) in [6.45, 7) is 6.80. The van der Waals surface area contributed by atoms with Crippen LogP contribution in [-0.2, 0) is 0 Å². The molecule has 3 N–H and O–H groups in total. The molecule has 0 aliphatic carbocycles. The van der Waals surface area contributed by atoms with Gasteiger partial charge in [-0.1, -0.05) is 12.1 Å². The Kier molecular flexibility index (Phi) is 11.1. The maximum atomic E-state index is 6.28.